The lowest BCUT2D eigenvalue weighted by Gasteiger charge is -2.17. The second-order valence-electron chi connectivity index (χ2n) is 8.26. The SMILES string of the molecule is CC/C(=C(/c1ccc(/C=C/C(=O)O)cc1)c1ccc2[nH]ncc2c1)c1ccc(-c2ccsc2)cc1. The van der Waals surface area contributed by atoms with Crippen molar-refractivity contribution in [3.8, 4) is 11.1 Å². The second-order valence-corrected chi connectivity index (χ2v) is 9.04. The number of carbonyl (C=O) groups is 1. The van der Waals surface area contributed by atoms with Gasteiger partial charge in [0.2, 0.25) is 0 Å². The zero-order valence-corrected chi connectivity index (χ0v) is 20.0. The third-order valence-corrected chi connectivity index (χ3v) is 6.77. The molecule has 0 unspecified atom stereocenters. The van der Waals surface area contributed by atoms with Crippen molar-refractivity contribution in [3.05, 3.63) is 118 Å². The summed E-state index contributed by atoms with van der Waals surface area (Å²) >= 11 is 1.70. The van der Waals surface area contributed by atoms with Gasteiger partial charge in [0.05, 0.1) is 11.7 Å². The first-order valence-electron chi connectivity index (χ1n) is 11.4. The van der Waals surface area contributed by atoms with Crippen molar-refractivity contribution >= 4 is 45.4 Å². The number of nitrogens with one attached hydrogen (secondary N) is 1. The van der Waals surface area contributed by atoms with Gasteiger partial charge in [0.15, 0.2) is 0 Å². The Morgan fingerprint density at radius 3 is 2.37 bits per heavy atom. The van der Waals surface area contributed by atoms with Crippen LogP contribution in [0.1, 0.15) is 35.6 Å². The van der Waals surface area contributed by atoms with E-state index in [0.29, 0.717) is 0 Å². The molecular formula is C30H24N2O2S. The molecule has 0 fully saturated rings. The van der Waals surface area contributed by atoms with Crippen LogP contribution in [0.15, 0.2) is 95.8 Å². The van der Waals surface area contributed by atoms with E-state index in [1.165, 1.54) is 22.3 Å². The van der Waals surface area contributed by atoms with Crippen LogP contribution in [-0.2, 0) is 4.79 Å². The van der Waals surface area contributed by atoms with Crippen LogP contribution in [0.3, 0.4) is 0 Å². The van der Waals surface area contributed by atoms with Crippen LogP contribution in [0, 0.1) is 0 Å². The van der Waals surface area contributed by atoms with Gasteiger partial charge in [-0.05, 0) is 86.0 Å². The Morgan fingerprint density at radius 1 is 0.943 bits per heavy atom. The highest BCUT2D eigenvalue weighted by molar-refractivity contribution is 7.08. The van der Waals surface area contributed by atoms with E-state index >= 15 is 0 Å². The minimum Gasteiger partial charge on any atom is -0.478 e. The van der Waals surface area contributed by atoms with E-state index in [4.69, 9.17) is 5.11 Å². The Hall–Kier alpha value is -4.22. The Kier molecular flexibility index (Phi) is 6.42. The summed E-state index contributed by atoms with van der Waals surface area (Å²) in [6.07, 6.45) is 5.47. The molecule has 0 atom stereocenters. The van der Waals surface area contributed by atoms with Gasteiger partial charge in [0, 0.05) is 11.5 Å². The van der Waals surface area contributed by atoms with Crippen molar-refractivity contribution < 1.29 is 9.90 Å². The predicted octanol–water partition coefficient (Wildman–Crippen LogP) is 7.76. The van der Waals surface area contributed by atoms with Gasteiger partial charge >= 0.3 is 5.97 Å². The van der Waals surface area contributed by atoms with Crippen LogP contribution in [0.25, 0.3) is 39.3 Å². The average Bonchev–Trinajstić information content (AvgIpc) is 3.59. The predicted molar refractivity (Wildman–Crippen MR) is 145 cm³/mol. The van der Waals surface area contributed by atoms with E-state index in [9.17, 15) is 4.79 Å². The molecule has 2 aromatic heterocycles. The molecule has 35 heavy (non-hydrogen) atoms. The standard InChI is InChI=1S/C30H24N2O2S/c1-2-27(22-10-8-21(9-11-22)25-15-16-35-19-25)30(24-12-13-28-26(17-24)18-31-32-28)23-6-3-20(4-7-23)5-14-29(33)34/h3-19H,2H2,1H3,(H,31,32)(H,33,34)/b14-5+,30-27+. The average molecular weight is 477 g/mol. The van der Waals surface area contributed by atoms with Gasteiger partial charge in [-0.15, -0.1) is 0 Å². The number of hydrogen-bond donors (Lipinski definition) is 2. The summed E-state index contributed by atoms with van der Waals surface area (Å²) in [4.78, 5) is 10.9. The Morgan fingerprint density at radius 2 is 1.69 bits per heavy atom. The van der Waals surface area contributed by atoms with Gasteiger partial charge in [-0.1, -0.05) is 61.5 Å². The second kappa shape index (κ2) is 9.95. The largest absolute Gasteiger partial charge is 0.478 e. The quantitative estimate of drug-likeness (QED) is 0.186. The lowest BCUT2D eigenvalue weighted by molar-refractivity contribution is -0.131. The van der Waals surface area contributed by atoms with Crippen LogP contribution >= 0.6 is 11.3 Å². The molecule has 0 aliphatic rings. The lowest BCUT2D eigenvalue weighted by atomic mass is 9.87. The molecule has 2 heterocycles. The number of aromatic nitrogens is 2. The van der Waals surface area contributed by atoms with Gasteiger partial charge in [0.25, 0.3) is 0 Å². The molecule has 5 heteroatoms. The fourth-order valence-electron chi connectivity index (χ4n) is 4.36. The van der Waals surface area contributed by atoms with Gasteiger partial charge in [-0.25, -0.2) is 4.79 Å². The molecule has 0 spiro atoms. The molecule has 0 amide bonds. The number of rotatable bonds is 7. The number of hydrogen-bond acceptors (Lipinski definition) is 3. The smallest absolute Gasteiger partial charge is 0.328 e. The molecular weight excluding hydrogens is 452 g/mol. The first-order valence-corrected chi connectivity index (χ1v) is 12.4. The van der Waals surface area contributed by atoms with Crippen molar-refractivity contribution in [1.82, 2.24) is 10.2 Å². The molecule has 0 bridgehead atoms. The molecule has 0 radical (unpaired) electrons. The number of thiophene rings is 1. The minimum atomic E-state index is -0.956. The van der Waals surface area contributed by atoms with Crippen molar-refractivity contribution in [1.29, 1.82) is 0 Å². The summed E-state index contributed by atoms with van der Waals surface area (Å²) in [6, 6.07) is 25.3. The van der Waals surface area contributed by atoms with Crippen molar-refractivity contribution in [2.75, 3.05) is 0 Å². The van der Waals surface area contributed by atoms with Crippen LogP contribution in [0.4, 0.5) is 0 Å². The van der Waals surface area contributed by atoms with Crippen molar-refractivity contribution in [3.63, 3.8) is 0 Å². The molecule has 5 rings (SSSR count). The summed E-state index contributed by atoms with van der Waals surface area (Å²) in [6.45, 7) is 2.18. The summed E-state index contributed by atoms with van der Waals surface area (Å²) < 4.78 is 0. The summed E-state index contributed by atoms with van der Waals surface area (Å²) in [7, 11) is 0. The summed E-state index contributed by atoms with van der Waals surface area (Å²) in [5.74, 6) is -0.956. The van der Waals surface area contributed by atoms with Crippen LogP contribution in [-0.4, -0.2) is 21.3 Å². The molecule has 2 N–H and O–H groups in total. The zero-order chi connectivity index (χ0) is 24.2. The van der Waals surface area contributed by atoms with Crippen molar-refractivity contribution in [2.45, 2.75) is 13.3 Å². The fraction of sp³-hybridized carbons (Fsp3) is 0.0667. The first kappa shape index (κ1) is 22.6. The molecule has 5 aromatic rings. The normalized spacial score (nSPS) is 12.3. The monoisotopic (exact) mass is 476 g/mol. The molecule has 4 nitrogen and oxygen atoms in total. The number of carboxylic acids is 1. The first-order chi connectivity index (χ1) is 17.1. The number of aromatic amines is 1. The number of allylic oxidation sites excluding steroid dienone is 1. The Labute approximate surface area is 207 Å². The molecule has 3 aromatic carbocycles. The number of aliphatic carboxylic acids is 1. The van der Waals surface area contributed by atoms with E-state index in [1.807, 2.05) is 18.3 Å². The van der Waals surface area contributed by atoms with Gasteiger partial charge in [-0.2, -0.15) is 16.4 Å². The van der Waals surface area contributed by atoms with E-state index in [2.05, 4.69) is 88.5 Å². The van der Waals surface area contributed by atoms with Gasteiger partial charge in [0.1, 0.15) is 0 Å². The zero-order valence-electron chi connectivity index (χ0n) is 19.2. The highest BCUT2D eigenvalue weighted by Gasteiger charge is 2.14. The maximum atomic E-state index is 10.9. The highest BCUT2D eigenvalue weighted by Crippen LogP contribution is 2.36. The molecule has 0 saturated heterocycles. The van der Waals surface area contributed by atoms with Crippen LogP contribution < -0.4 is 0 Å². The third-order valence-electron chi connectivity index (χ3n) is 6.09. The number of nitrogens with zero attached hydrogens (tertiary/aromatic N) is 1. The maximum absolute atomic E-state index is 10.9. The fourth-order valence-corrected chi connectivity index (χ4v) is 5.02. The van der Waals surface area contributed by atoms with Crippen molar-refractivity contribution in [2.24, 2.45) is 0 Å². The number of fused-ring (bicyclic) bond motifs is 1. The number of H-pyrrole nitrogens is 1. The highest BCUT2D eigenvalue weighted by atomic mass is 32.1. The van der Waals surface area contributed by atoms with Gasteiger partial charge < -0.3 is 5.11 Å². The van der Waals surface area contributed by atoms with E-state index < -0.39 is 5.97 Å². The van der Waals surface area contributed by atoms with Crippen LogP contribution in [0.5, 0.6) is 0 Å². The molecule has 172 valence electrons. The Bertz CT molecular complexity index is 1520. The Balaban J connectivity index is 1.64. The molecule has 0 aliphatic carbocycles. The summed E-state index contributed by atoms with van der Waals surface area (Å²) in [5.41, 5.74) is 10.1. The van der Waals surface area contributed by atoms with E-state index in [-0.39, 0.29) is 0 Å². The minimum absolute atomic E-state index is 0.846. The maximum Gasteiger partial charge on any atom is 0.328 e. The van der Waals surface area contributed by atoms with Crippen LogP contribution in [0.2, 0.25) is 0 Å². The summed E-state index contributed by atoms with van der Waals surface area (Å²) in [5, 5.41) is 21.5. The number of benzene rings is 3. The molecule has 0 aliphatic heterocycles. The van der Waals surface area contributed by atoms with E-state index in [0.717, 1.165) is 45.7 Å². The topological polar surface area (TPSA) is 66.0 Å². The van der Waals surface area contributed by atoms with Gasteiger partial charge in [-0.3, -0.25) is 5.10 Å². The number of carboxylic acid groups (broad SMARTS) is 1. The third kappa shape index (κ3) is 4.86. The van der Waals surface area contributed by atoms with E-state index in [1.54, 1.807) is 17.4 Å². The lowest BCUT2D eigenvalue weighted by Crippen LogP contribution is -1.95. The molecule has 0 saturated carbocycles.